The molecule has 4 nitrogen and oxygen atoms in total. The van der Waals surface area contributed by atoms with Gasteiger partial charge in [-0.15, -0.1) is 22.9 Å². The average Bonchev–Trinajstić information content (AvgIpc) is 2.85. The van der Waals surface area contributed by atoms with Crippen molar-refractivity contribution in [2.45, 2.75) is 38.6 Å². The Balaban J connectivity index is 2.60. The summed E-state index contributed by atoms with van der Waals surface area (Å²) in [4.78, 5) is 18.3. The molecule has 1 amide bonds. The Labute approximate surface area is 124 Å². The van der Waals surface area contributed by atoms with Gasteiger partial charge in [-0.05, 0) is 19.9 Å². The van der Waals surface area contributed by atoms with Crippen LogP contribution in [-0.2, 0) is 10.7 Å². The molecule has 0 saturated carbocycles. The number of halogens is 1. The molecule has 19 heavy (non-hydrogen) atoms. The fourth-order valence-corrected chi connectivity index (χ4v) is 3.16. The molecule has 1 heterocycles. The van der Waals surface area contributed by atoms with Gasteiger partial charge in [0.1, 0.15) is 5.01 Å². The first-order valence-corrected chi connectivity index (χ1v) is 8.00. The lowest BCUT2D eigenvalue weighted by atomic mass is 10.2. The number of nitrogens with one attached hydrogen (secondary N) is 1. The van der Waals surface area contributed by atoms with Crippen LogP contribution in [0.2, 0.25) is 0 Å². The highest BCUT2D eigenvalue weighted by Crippen LogP contribution is 2.26. The molecule has 1 rings (SSSR count). The molecule has 6 heteroatoms. The number of hydrogen-bond donors (Lipinski definition) is 1. The van der Waals surface area contributed by atoms with Crippen molar-refractivity contribution in [3.05, 3.63) is 16.1 Å². The third-order valence-corrected chi connectivity index (χ3v) is 4.14. The Morgan fingerprint density at radius 2 is 2.32 bits per heavy atom. The summed E-state index contributed by atoms with van der Waals surface area (Å²) in [6.45, 7) is 5.28. The number of thiazole rings is 1. The normalized spacial score (nSPS) is 12.7. The van der Waals surface area contributed by atoms with Crippen LogP contribution >= 0.6 is 22.9 Å². The van der Waals surface area contributed by atoms with E-state index in [1.807, 2.05) is 24.3 Å². The number of nitrogens with zero attached hydrogens (tertiary/aromatic N) is 2. The standard InChI is InChI=1S/C13H22ClN3OS/c1-4-6-15-12(18)8-17(3)11(5-2)13-16-10(7-14)9-19-13/h9,11H,4-8H2,1-3H3,(H,15,18). The van der Waals surface area contributed by atoms with Gasteiger partial charge in [0.05, 0.1) is 24.2 Å². The van der Waals surface area contributed by atoms with Crippen LogP contribution in [0, 0.1) is 0 Å². The highest BCUT2D eigenvalue weighted by Gasteiger charge is 2.20. The van der Waals surface area contributed by atoms with Gasteiger partial charge < -0.3 is 5.32 Å². The minimum absolute atomic E-state index is 0.0666. The predicted octanol–water partition coefficient (Wildman–Crippen LogP) is 2.79. The topological polar surface area (TPSA) is 45.2 Å². The van der Waals surface area contributed by atoms with Crippen LogP contribution in [0.3, 0.4) is 0 Å². The van der Waals surface area contributed by atoms with Crippen molar-refractivity contribution in [3.8, 4) is 0 Å². The van der Waals surface area contributed by atoms with Crippen LogP contribution in [0.25, 0.3) is 0 Å². The zero-order chi connectivity index (χ0) is 14.3. The van der Waals surface area contributed by atoms with Gasteiger partial charge in [0.2, 0.25) is 5.91 Å². The second kappa shape index (κ2) is 8.51. The van der Waals surface area contributed by atoms with Gasteiger partial charge in [-0.25, -0.2) is 4.98 Å². The van der Waals surface area contributed by atoms with Crippen LogP contribution in [0.15, 0.2) is 5.38 Å². The van der Waals surface area contributed by atoms with E-state index in [1.54, 1.807) is 11.3 Å². The summed E-state index contributed by atoms with van der Waals surface area (Å²) in [7, 11) is 1.96. The predicted molar refractivity (Wildman–Crippen MR) is 80.6 cm³/mol. The first kappa shape index (κ1) is 16.4. The summed E-state index contributed by atoms with van der Waals surface area (Å²) >= 11 is 7.39. The van der Waals surface area contributed by atoms with E-state index >= 15 is 0 Å². The van der Waals surface area contributed by atoms with Crippen molar-refractivity contribution in [1.29, 1.82) is 0 Å². The lowest BCUT2D eigenvalue weighted by Crippen LogP contribution is -2.37. The van der Waals surface area contributed by atoms with Crippen LogP contribution in [0.4, 0.5) is 0 Å². The van der Waals surface area contributed by atoms with E-state index in [0.717, 1.165) is 30.1 Å². The van der Waals surface area contributed by atoms with Gasteiger partial charge in [-0.1, -0.05) is 13.8 Å². The fourth-order valence-electron chi connectivity index (χ4n) is 1.87. The molecule has 1 aromatic rings. The fraction of sp³-hybridized carbons (Fsp3) is 0.692. The quantitative estimate of drug-likeness (QED) is 0.751. The molecule has 0 radical (unpaired) electrons. The summed E-state index contributed by atoms with van der Waals surface area (Å²) < 4.78 is 0. The summed E-state index contributed by atoms with van der Waals surface area (Å²) in [6.07, 6.45) is 1.88. The van der Waals surface area contributed by atoms with Crippen molar-refractivity contribution < 1.29 is 4.79 Å². The van der Waals surface area contributed by atoms with Crippen molar-refractivity contribution >= 4 is 28.8 Å². The van der Waals surface area contributed by atoms with Crippen LogP contribution in [-0.4, -0.2) is 35.9 Å². The maximum absolute atomic E-state index is 11.7. The van der Waals surface area contributed by atoms with E-state index in [9.17, 15) is 4.79 Å². The number of alkyl halides is 1. The van der Waals surface area contributed by atoms with E-state index in [2.05, 4.69) is 17.2 Å². The first-order valence-electron chi connectivity index (χ1n) is 6.59. The van der Waals surface area contributed by atoms with Gasteiger partial charge >= 0.3 is 0 Å². The van der Waals surface area contributed by atoms with Crippen molar-refractivity contribution in [3.63, 3.8) is 0 Å². The summed E-state index contributed by atoms with van der Waals surface area (Å²) in [5, 5.41) is 5.90. The Morgan fingerprint density at radius 1 is 1.58 bits per heavy atom. The number of rotatable bonds is 8. The molecule has 0 aromatic carbocycles. The van der Waals surface area contributed by atoms with E-state index in [1.165, 1.54) is 0 Å². The molecule has 0 bridgehead atoms. The summed E-state index contributed by atoms with van der Waals surface area (Å²) in [5.41, 5.74) is 0.906. The van der Waals surface area contributed by atoms with Gasteiger partial charge in [0.25, 0.3) is 0 Å². The number of amides is 1. The monoisotopic (exact) mass is 303 g/mol. The van der Waals surface area contributed by atoms with Gasteiger partial charge in [-0.3, -0.25) is 9.69 Å². The second-order valence-corrected chi connectivity index (χ2v) is 5.66. The van der Waals surface area contributed by atoms with E-state index in [-0.39, 0.29) is 11.9 Å². The second-order valence-electron chi connectivity index (χ2n) is 4.50. The summed E-state index contributed by atoms with van der Waals surface area (Å²) in [6, 6.07) is 0.175. The molecule has 1 N–H and O–H groups in total. The molecule has 1 aromatic heterocycles. The van der Waals surface area contributed by atoms with Crippen LogP contribution in [0.1, 0.15) is 43.4 Å². The lowest BCUT2D eigenvalue weighted by molar-refractivity contribution is -0.122. The smallest absolute Gasteiger partial charge is 0.234 e. The molecule has 0 saturated heterocycles. The highest BCUT2D eigenvalue weighted by atomic mass is 35.5. The summed E-state index contributed by atoms with van der Waals surface area (Å²) in [5.74, 6) is 0.505. The van der Waals surface area contributed by atoms with Gasteiger partial charge in [0, 0.05) is 11.9 Å². The molecule has 108 valence electrons. The van der Waals surface area contributed by atoms with E-state index in [0.29, 0.717) is 12.4 Å². The molecule has 0 aliphatic carbocycles. The number of hydrogen-bond acceptors (Lipinski definition) is 4. The maximum Gasteiger partial charge on any atom is 0.234 e. The van der Waals surface area contributed by atoms with E-state index < -0.39 is 0 Å². The maximum atomic E-state index is 11.7. The lowest BCUT2D eigenvalue weighted by Gasteiger charge is -2.24. The third-order valence-electron chi connectivity index (χ3n) is 2.88. The number of carbonyl (C=O) groups is 1. The molecule has 0 fully saturated rings. The van der Waals surface area contributed by atoms with Crippen molar-refractivity contribution in [2.75, 3.05) is 20.1 Å². The molecule has 0 aliphatic rings. The number of likely N-dealkylation sites (N-methyl/N-ethyl adjacent to an activating group) is 1. The Morgan fingerprint density at radius 3 is 2.84 bits per heavy atom. The van der Waals surface area contributed by atoms with Crippen molar-refractivity contribution in [1.82, 2.24) is 15.2 Å². The van der Waals surface area contributed by atoms with E-state index in [4.69, 9.17) is 11.6 Å². The van der Waals surface area contributed by atoms with Gasteiger partial charge in [0.15, 0.2) is 0 Å². The molecule has 0 spiro atoms. The number of aromatic nitrogens is 1. The Hall–Kier alpha value is -0.650. The average molecular weight is 304 g/mol. The molecule has 0 aliphatic heterocycles. The molecular formula is C13H22ClN3OS. The zero-order valence-electron chi connectivity index (χ0n) is 11.8. The van der Waals surface area contributed by atoms with Gasteiger partial charge in [-0.2, -0.15) is 0 Å². The van der Waals surface area contributed by atoms with Crippen LogP contribution < -0.4 is 5.32 Å². The Bertz CT molecular complexity index is 397. The zero-order valence-corrected chi connectivity index (χ0v) is 13.4. The molecule has 1 atom stereocenters. The first-order chi connectivity index (χ1) is 9.12. The largest absolute Gasteiger partial charge is 0.355 e. The number of carbonyl (C=O) groups excluding carboxylic acids is 1. The minimum atomic E-state index is 0.0666. The van der Waals surface area contributed by atoms with Crippen molar-refractivity contribution in [2.24, 2.45) is 0 Å². The minimum Gasteiger partial charge on any atom is -0.355 e. The SMILES string of the molecule is CCCNC(=O)CN(C)C(CC)c1nc(CCl)cs1. The molecular weight excluding hydrogens is 282 g/mol. The molecule has 1 unspecified atom stereocenters. The third kappa shape index (κ3) is 5.09. The Kier molecular flexibility index (Phi) is 7.34. The van der Waals surface area contributed by atoms with Crippen LogP contribution in [0.5, 0.6) is 0 Å². The highest BCUT2D eigenvalue weighted by molar-refractivity contribution is 7.09.